The molecule has 1 heterocycles. The number of aryl methyl sites for hydroxylation is 1. The molecule has 1 atom stereocenters. The van der Waals surface area contributed by atoms with Crippen LogP contribution in [0.25, 0.3) is 0 Å². The van der Waals surface area contributed by atoms with Crippen molar-refractivity contribution in [2.24, 2.45) is 11.7 Å². The van der Waals surface area contributed by atoms with Crippen molar-refractivity contribution in [1.29, 1.82) is 5.41 Å². The number of nitrogens with two attached hydrogens (primary N) is 1. The standard InChI is InChI=1S/C17H27N3/c1-3-14-5-4-9-20(10-8-14)12-16-7-6-15(17(18)19)11-13(16)2/h6-7,11,14H,3-5,8-10,12H2,1-2H3,(H3,18,19). The normalized spacial score (nSPS) is 20.6. The van der Waals surface area contributed by atoms with Crippen LogP contribution in [0.15, 0.2) is 18.2 Å². The number of hydrogen-bond donors (Lipinski definition) is 2. The van der Waals surface area contributed by atoms with Gasteiger partial charge in [0.1, 0.15) is 5.84 Å². The van der Waals surface area contributed by atoms with E-state index in [0.717, 1.165) is 18.0 Å². The molecule has 3 nitrogen and oxygen atoms in total. The summed E-state index contributed by atoms with van der Waals surface area (Å²) in [5.41, 5.74) is 8.98. The zero-order chi connectivity index (χ0) is 14.5. The van der Waals surface area contributed by atoms with E-state index in [2.05, 4.69) is 24.8 Å². The van der Waals surface area contributed by atoms with Crippen LogP contribution in [0.2, 0.25) is 0 Å². The van der Waals surface area contributed by atoms with E-state index in [0.29, 0.717) is 0 Å². The van der Waals surface area contributed by atoms with Gasteiger partial charge in [0.2, 0.25) is 0 Å². The van der Waals surface area contributed by atoms with Gasteiger partial charge in [0.25, 0.3) is 0 Å². The highest BCUT2D eigenvalue weighted by Gasteiger charge is 2.16. The van der Waals surface area contributed by atoms with Crippen LogP contribution in [0.4, 0.5) is 0 Å². The van der Waals surface area contributed by atoms with E-state index in [-0.39, 0.29) is 5.84 Å². The molecule has 1 unspecified atom stereocenters. The average molecular weight is 273 g/mol. The van der Waals surface area contributed by atoms with E-state index < -0.39 is 0 Å². The Morgan fingerprint density at radius 2 is 2.15 bits per heavy atom. The van der Waals surface area contributed by atoms with E-state index in [1.165, 1.54) is 49.9 Å². The topological polar surface area (TPSA) is 53.1 Å². The molecule has 2 rings (SSSR count). The molecule has 20 heavy (non-hydrogen) atoms. The third-order valence-electron chi connectivity index (χ3n) is 4.57. The van der Waals surface area contributed by atoms with Gasteiger partial charge in [-0.3, -0.25) is 10.3 Å². The van der Waals surface area contributed by atoms with Crippen LogP contribution in [0.5, 0.6) is 0 Å². The maximum absolute atomic E-state index is 7.50. The van der Waals surface area contributed by atoms with Crippen molar-refractivity contribution in [3.05, 3.63) is 34.9 Å². The summed E-state index contributed by atoms with van der Waals surface area (Å²) in [4.78, 5) is 2.57. The molecule has 1 fully saturated rings. The summed E-state index contributed by atoms with van der Waals surface area (Å²) in [6.07, 6.45) is 5.36. The first-order valence-corrected chi connectivity index (χ1v) is 7.76. The fourth-order valence-electron chi connectivity index (χ4n) is 3.07. The van der Waals surface area contributed by atoms with E-state index in [1.54, 1.807) is 0 Å². The molecular formula is C17H27N3. The smallest absolute Gasteiger partial charge is 0.122 e. The van der Waals surface area contributed by atoms with Gasteiger partial charge in [0.15, 0.2) is 0 Å². The van der Waals surface area contributed by atoms with Gasteiger partial charge in [-0.2, -0.15) is 0 Å². The van der Waals surface area contributed by atoms with Gasteiger partial charge in [-0.25, -0.2) is 0 Å². The summed E-state index contributed by atoms with van der Waals surface area (Å²) >= 11 is 0. The molecule has 110 valence electrons. The maximum atomic E-state index is 7.50. The molecule has 1 aromatic carbocycles. The fourth-order valence-corrected chi connectivity index (χ4v) is 3.07. The fraction of sp³-hybridized carbons (Fsp3) is 0.588. The van der Waals surface area contributed by atoms with Crippen molar-refractivity contribution < 1.29 is 0 Å². The molecule has 0 spiro atoms. The predicted molar refractivity (Wildman–Crippen MR) is 85.1 cm³/mol. The Morgan fingerprint density at radius 1 is 1.35 bits per heavy atom. The van der Waals surface area contributed by atoms with Gasteiger partial charge in [-0.05, 0) is 62.4 Å². The SMILES string of the molecule is CCC1CCCN(Cc2ccc(C(=N)N)cc2C)CC1. The number of nitrogens with zero attached hydrogens (tertiary/aromatic N) is 1. The van der Waals surface area contributed by atoms with E-state index in [4.69, 9.17) is 11.1 Å². The Balaban J connectivity index is 2.01. The number of hydrogen-bond acceptors (Lipinski definition) is 2. The minimum Gasteiger partial charge on any atom is -0.384 e. The minimum atomic E-state index is 0.153. The quantitative estimate of drug-likeness (QED) is 0.653. The number of rotatable bonds is 4. The van der Waals surface area contributed by atoms with E-state index >= 15 is 0 Å². The molecule has 3 N–H and O–H groups in total. The van der Waals surface area contributed by atoms with Gasteiger partial charge < -0.3 is 5.73 Å². The molecule has 3 heteroatoms. The third-order valence-corrected chi connectivity index (χ3v) is 4.57. The molecule has 1 aromatic rings. The zero-order valence-electron chi connectivity index (χ0n) is 12.8. The van der Waals surface area contributed by atoms with Gasteiger partial charge >= 0.3 is 0 Å². The molecule has 0 aliphatic carbocycles. The molecule has 0 aromatic heterocycles. The summed E-state index contributed by atoms with van der Waals surface area (Å²) in [6, 6.07) is 6.13. The first-order valence-electron chi connectivity index (χ1n) is 7.76. The summed E-state index contributed by atoms with van der Waals surface area (Å²) in [5, 5.41) is 7.50. The van der Waals surface area contributed by atoms with Crippen LogP contribution < -0.4 is 5.73 Å². The lowest BCUT2D eigenvalue weighted by Crippen LogP contribution is -2.25. The Kier molecular flexibility index (Phi) is 5.18. The lowest BCUT2D eigenvalue weighted by molar-refractivity contribution is 0.271. The minimum absolute atomic E-state index is 0.153. The zero-order valence-corrected chi connectivity index (χ0v) is 12.8. The second-order valence-electron chi connectivity index (χ2n) is 6.04. The van der Waals surface area contributed by atoms with E-state index in [9.17, 15) is 0 Å². The highest BCUT2D eigenvalue weighted by molar-refractivity contribution is 5.95. The lowest BCUT2D eigenvalue weighted by atomic mass is 9.98. The summed E-state index contributed by atoms with van der Waals surface area (Å²) in [7, 11) is 0. The highest BCUT2D eigenvalue weighted by Crippen LogP contribution is 2.22. The monoisotopic (exact) mass is 273 g/mol. The number of amidine groups is 1. The predicted octanol–water partition coefficient (Wildman–Crippen LogP) is 3.29. The van der Waals surface area contributed by atoms with Crippen LogP contribution >= 0.6 is 0 Å². The molecule has 1 aliphatic rings. The van der Waals surface area contributed by atoms with Crippen molar-refractivity contribution in [3.8, 4) is 0 Å². The maximum Gasteiger partial charge on any atom is 0.122 e. The van der Waals surface area contributed by atoms with Gasteiger partial charge in [-0.15, -0.1) is 0 Å². The van der Waals surface area contributed by atoms with Crippen LogP contribution in [-0.2, 0) is 6.54 Å². The Bertz CT molecular complexity index is 467. The molecule has 0 saturated carbocycles. The van der Waals surface area contributed by atoms with Gasteiger partial charge in [0, 0.05) is 12.1 Å². The third kappa shape index (κ3) is 3.83. The van der Waals surface area contributed by atoms with Crippen molar-refractivity contribution in [1.82, 2.24) is 4.90 Å². The molecule has 0 bridgehead atoms. The summed E-state index contributed by atoms with van der Waals surface area (Å²) in [6.45, 7) is 7.89. The summed E-state index contributed by atoms with van der Waals surface area (Å²) in [5.74, 6) is 1.07. The molecule has 0 radical (unpaired) electrons. The molecule has 1 aliphatic heterocycles. The number of benzene rings is 1. The lowest BCUT2D eigenvalue weighted by Gasteiger charge is -2.21. The number of likely N-dealkylation sites (tertiary alicyclic amines) is 1. The average Bonchev–Trinajstić information content (AvgIpc) is 2.66. The van der Waals surface area contributed by atoms with Crippen LogP contribution in [0.1, 0.15) is 49.3 Å². The van der Waals surface area contributed by atoms with Crippen LogP contribution in [-0.4, -0.2) is 23.8 Å². The second-order valence-corrected chi connectivity index (χ2v) is 6.04. The highest BCUT2D eigenvalue weighted by atomic mass is 15.1. The van der Waals surface area contributed by atoms with Crippen molar-refractivity contribution >= 4 is 5.84 Å². The molecule has 1 saturated heterocycles. The van der Waals surface area contributed by atoms with E-state index in [1.807, 2.05) is 12.1 Å². The van der Waals surface area contributed by atoms with Crippen molar-refractivity contribution in [2.45, 2.75) is 46.1 Å². The molecular weight excluding hydrogens is 246 g/mol. The largest absolute Gasteiger partial charge is 0.384 e. The van der Waals surface area contributed by atoms with Gasteiger partial charge in [0.05, 0.1) is 0 Å². The number of nitrogen functional groups attached to an aromatic ring is 1. The Hall–Kier alpha value is -1.35. The Morgan fingerprint density at radius 3 is 2.80 bits per heavy atom. The second kappa shape index (κ2) is 6.89. The first-order chi connectivity index (χ1) is 9.60. The van der Waals surface area contributed by atoms with Crippen molar-refractivity contribution in [2.75, 3.05) is 13.1 Å². The number of nitrogens with one attached hydrogen (secondary N) is 1. The van der Waals surface area contributed by atoms with Crippen molar-refractivity contribution in [3.63, 3.8) is 0 Å². The van der Waals surface area contributed by atoms with Gasteiger partial charge in [-0.1, -0.05) is 25.5 Å². The Labute approximate surface area is 122 Å². The first kappa shape index (κ1) is 15.0. The molecule has 0 amide bonds. The van der Waals surface area contributed by atoms with Crippen LogP contribution in [0.3, 0.4) is 0 Å². The summed E-state index contributed by atoms with van der Waals surface area (Å²) < 4.78 is 0. The van der Waals surface area contributed by atoms with Crippen LogP contribution in [0, 0.1) is 18.3 Å².